The molecule has 1 heterocycles. The van der Waals surface area contributed by atoms with Crippen molar-refractivity contribution in [3.8, 4) is 0 Å². The molecule has 0 atom stereocenters. The van der Waals surface area contributed by atoms with Crippen LogP contribution in [-0.4, -0.2) is 18.7 Å². The summed E-state index contributed by atoms with van der Waals surface area (Å²) in [5, 5.41) is 0.687. The molecule has 2 aromatic rings. The van der Waals surface area contributed by atoms with Crippen LogP contribution in [0.25, 0.3) is 11.1 Å². The maximum absolute atomic E-state index is 5.93. The number of halogens is 1. The quantitative estimate of drug-likeness (QED) is 0.806. The predicted octanol–water partition coefficient (Wildman–Crippen LogP) is 2.98. The summed E-state index contributed by atoms with van der Waals surface area (Å²) in [6.07, 6.45) is 0.683. The lowest BCUT2D eigenvalue weighted by Gasteiger charge is -1.94. The molecule has 80 valence electrons. The van der Waals surface area contributed by atoms with Crippen molar-refractivity contribution in [1.82, 2.24) is 4.98 Å². The number of hydrogen-bond donors (Lipinski definition) is 0. The average Bonchev–Trinajstić information content (AvgIpc) is 2.57. The first kappa shape index (κ1) is 10.5. The first-order chi connectivity index (χ1) is 7.20. The van der Waals surface area contributed by atoms with Crippen molar-refractivity contribution in [2.75, 3.05) is 13.7 Å². The monoisotopic (exact) mass is 225 g/mol. The number of hydrogen-bond acceptors (Lipinski definition) is 3. The third-order valence-electron chi connectivity index (χ3n) is 2.20. The highest BCUT2D eigenvalue weighted by molar-refractivity contribution is 6.31. The van der Waals surface area contributed by atoms with Crippen LogP contribution in [0.15, 0.2) is 16.5 Å². The summed E-state index contributed by atoms with van der Waals surface area (Å²) in [6, 6.07) is 3.68. The SMILES string of the molecule is COCCc1nc2cc(Cl)cc(C)c2o1. The number of fused-ring (bicyclic) bond motifs is 1. The van der Waals surface area contributed by atoms with Gasteiger partial charge in [0.2, 0.25) is 0 Å². The number of benzene rings is 1. The zero-order valence-electron chi connectivity index (χ0n) is 8.71. The lowest BCUT2D eigenvalue weighted by molar-refractivity contribution is 0.196. The van der Waals surface area contributed by atoms with Gasteiger partial charge in [0, 0.05) is 18.6 Å². The van der Waals surface area contributed by atoms with Crippen molar-refractivity contribution in [2.45, 2.75) is 13.3 Å². The third-order valence-corrected chi connectivity index (χ3v) is 2.42. The molecule has 1 aromatic heterocycles. The molecule has 4 heteroatoms. The van der Waals surface area contributed by atoms with E-state index in [0.717, 1.165) is 16.7 Å². The zero-order chi connectivity index (χ0) is 10.8. The van der Waals surface area contributed by atoms with Crippen molar-refractivity contribution in [2.24, 2.45) is 0 Å². The Bertz CT molecular complexity index is 479. The van der Waals surface area contributed by atoms with E-state index in [4.69, 9.17) is 20.8 Å². The van der Waals surface area contributed by atoms with Gasteiger partial charge in [0.05, 0.1) is 6.61 Å². The van der Waals surface area contributed by atoms with Gasteiger partial charge in [0.1, 0.15) is 5.52 Å². The van der Waals surface area contributed by atoms with Crippen LogP contribution < -0.4 is 0 Å². The molecule has 0 aliphatic rings. The van der Waals surface area contributed by atoms with Crippen LogP contribution in [0.1, 0.15) is 11.5 Å². The zero-order valence-corrected chi connectivity index (χ0v) is 9.47. The molecule has 1 aromatic carbocycles. The molecular formula is C11H12ClNO2. The van der Waals surface area contributed by atoms with E-state index in [0.29, 0.717) is 23.9 Å². The summed E-state index contributed by atoms with van der Waals surface area (Å²) in [4.78, 5) is 4.34. The van der Waals surface area contributed by atoms with Crippen LogP contribution in [0.4, 0.5) is 0 Å². The number of ether oxygens (including phenoxy) is 1. The summed E-state index contributed by atoms with van der Waals surface area (Å²) in [5.74, 6) is 0.692. The summed E-state index contributed by atoms with van der Waals surface area (Å²) in [6.45, 7) is 2.57. The Hall–Kier alpha value is -1.06. The van der Waals surface area contributed by atoms with E-state index < -0.39 is 0 Å². The van der Waals surface area contributed by atoms with E-state index in [9.17, 15) is 0 Å². The van der Waals surface area contributed by atoms with Crippen molar-refractivity contribution in [1.29, 1.82) is 0 Å². The summed E-state index contributed by atoms with van der Waals surface area (Å²) < 4.78 is 10.6. The van der Waals surface area contributed by atoms with Gasteiger partial charge in [-0.1, -0.05) is 11.6 Å². The normalized spacial score (nSPS) is 11.1. The van der Waals surface area contributed by atoms with E-state index in [1.54, 1.807) is 7.11 Å². The fourth-order valence-corrected chi connectivity index (χ4v) is 1.77. The van der Waals surface area contributed by atoms with E-state index >= 15 is 0 Å². The standard InChI is InChI=1S/C11H12ClNO2/c1-7-5-8(12)6-9-11(7)15-10(13-9)3-4-14-2/h5-6H,3-4H2,1-2H3. The van der Waals surface area contributed by atoms with E-state index in [1.165, 1.54) is 0 Å². The molecule has 2 rings (SSSR count). The summed E-state index contributed by atoms with van der Waals surface area (Å²) >= 11 is 5.93. The lowest BCUT2D eigenvalue weighted by Crippen LogP contribution is -1.93. The molecule has 0 aliphatic carbocycles. The second-order valence-corrected chi connectivity index (χ2v) is 3.86. The molecule has 0 aliphatic heterocycles. The van der Waals surface area contributed by atoms with Crippen LogP contribution in [-0.2, 0) is 11.2 Å². The van der Waals surface area contributed by atoms with Crippen molar-refractivity contribution >= 4 is 22.7 Å². The minimum Gasteiger partial charge on any atom is -0.440 e. The van der Waals surface area contributed by atoms with Gasteiger partial charge in [-0.2, -0.15) is 0 Å². The van der Waals surface area contributed by atoms with Crippen LogP contribution in [0.3, 0.4) is 0 Å². The Balaban J connectivity index is 2.41. The minimum atomic E-state index is 0.611. The number of aryl methyl sites for hydroxylation is 1. The number of aromatic nitrogens is 1. The smallest absolute Gasteiger partial charge is 0.197 e. The number of oxazole rings is 1. The van der Waals surface area contributed by atoms with Gasteiger partial charge in [-0.05, 0) is 24.6 Å². The van der Waals surface area contributed by atoms with Crippen LogP contribution in [0.5, 0.6) is 0 Å². The molecule has 0 fully saturated rings. The van der Waals surface area contributed by atoms with Crippen LogP contribution in [0.2, 0.25) is 5.02 Å². The molecular weight excluding hydrogens is 214 g/mol. The molecule has 0 amide bonds. The number of rotatable bonds is 3. The fraction of sp³-hybridized carbons (Fsp3) is 0.364. The van der Waals surface area contributed by atoms with Gasteiger partial charge in [-0.25, -0.2) is 4.98 Å². The molecule has 15 heavy (non-hydrogen) atoms. The van der Waals surface area contributed by atoms with Crippen LogP contribution in [0, 0.1) is 6.92 Å². The molecule has 0 saturated carbocycles. The number of methoxy groups -OCH3 is 1. The number of nitrogens with zero attached hydrogens (tertiary/aromatic N) is 1. The average molecular weight is 226 g/mol. The Morgan fingerprint density at radius 3 is 3.00 bits per heavy atom. The third kappa shape index (κ3) is 2.13. The largest absolute Gasteiger partial charge is 0.440 e. The van der Waals surface area contributed by atoms with E-state index in [2.05, 4.69) is 4.98 Å². The van der Waals surface area contributed by atoms with Gasteiger partial charge < -0.3 is 9.15 Å². The second-order valence-electron chi connectivity index (χ2n) is 3.42. The first-order valence-corrected chi connectivity index (χ1v) is 5.13. The Kier molecular flexibility index (Phi) is 2.93. The summed E-state index contributed by atoms with van der Waals surface area (Å²) in [7, 11) is 1.66. The molecule has 0 bridgehead atoms. The maximum Gasteiger partial charge on any atom is 0.197 e. The highest BCUT2D eigenvalue weighted by atomic mass is 35.5. The maximum atomic E-state index is 5.93. The van der Waals surface area contributed by atoms with Crippen LogP contribution >= 0.6 is 11.6 Å². The highest BCUT2D eigenvalue weighted by Crippen LogP contribution is 2.24. The Labute approximate surface area is 93.0 Å². The van der Waals surface area contributed by atoms with Crippen molar-refractivity contribution in [3.05, 3.63) is 28.6 Å². The summed E-state index contributed by atoms with van der Waals surface area (Å²) in [5.41, 5.74) is 2.63. The van der Waals surface area contributed by atoms with Gasteiger partial charge in [-0.3, -0.25) is 0 Å². The van der Waals surface area contributed by atoms with Crippen molar-refractivity contribution < 1.29 is 9.15 Å². The predicted molar refractivity (Wildman–Crippen MR) is 59.3 cm³/mol. The lowest BCUT2D eigenvalue weighted by atomic mass is 10.2. The van der Waals surface area contributed by atoms with E-state index in [1.807, 2.05) is 19.1 Å². The Morgan fingerprint density at radius 2 is 2.27 bits per heavy atom. The fourth-order valence-electron chi connectivity index (χ4n) is 1.50. The molecule has 0 saturated heterocycles. The second kappa shape index (κ2) is 4.21. The van der Waals surface area contributed by atoms with Gasteiger partial charge in [-0.15, -0.1) is 0 Å². The molecule has 0 spiro atoms. The molecule has 0 radical (unpaired) electrons. The van der Waals surface area contributed by atoms with Gasteiger partial charge in [0.15, 0.2) is 11.5 Å². The van der Waals surface area contributed by atoms with Gasteiger partial charge in [0.25, 0.3) is 0 Å². The first-order valence-electron chi connectivity index (χ1n) is 4.75. The Morgan fingerprint density at radius 1 is 1.47 bits per heavy atom. The van der Waals surface area contributed by atoms with Gasteiger partial charge >= 0.3 is 0 Å². The molecule has 0 unspecified atom stereocenters. The van der Waals surface area contributed by atoms with E-state index in [-0.39, 0.29) is 0 Å². The van der Waals surface area contributed by atoms with Crippen molar-refractivity contribution in [3.63, 3.8) is 0 Å². The minimum absolute atomic E-state index is 0.611. The molecule has 3 nitrogen and oxygen atoms in total. The molecule has 0 N–H and O–H groups in total. The topological polar surface area (TPSA) is 35.3 Å². The highest BCUT2D eigenvalue weighted by Gasteiger charge is 2.08.